The van der Waals surface area contributed by atoms with E-state index in [1.54, 1.807) is 25.1 Å². The smallest absolute Gasteiger partial charge is 0.325 e. The first-order valence-electron chi connectivity index (χ1n) is 11.3. The molecule has 0 fully saturated rings. The van der Waals surface area contributed by atoms with Gasteiger partial charge in [0.25, 0.3) is 0 Å². The van der Waals surface area contributed by atoms with Crippen LogP contribution in [0.4, 0.5) is 0 Å². The highest BCUT2D eigenvalue weighted by Crippen LogP contribution is 2.23. The van der Waals surface area contributed by atoms with Gasteiger partial charge in [-0.3, -0.25) is 14.9 Å². The lowest BCUT2D eigenvalue weighted by molar-refractivity contribution is -0.148. The number of phenols is 1. The van der Waals surface area contributed by atoms with E-state index in [1.807, 2.05) is 60.7 Å². The maximum atomic E-state index is 12.5. The number of nitrogens with one attached hydrogen (secondary N) is 1. The van der Waals surface area contributed by atoms with E-state index >= 15 is 0 Å². The first-order chi connectivity index (χ1) is 17.0. The molecule has 2 N–H and O–H groups in total. The molecule has 35 heavy (non-hydrogen) atoms. The summed E-state index contributed by atoms with van der Waals surface area (Å²) in [6, 6.07) is 21.7. The van der Waals surface area contributed by atoms with E-state index in [4.69, 9.17) is 9.47 Å². The van der Waals surface area contributed by atoms with Crippen molar-refractivity contribution in [2.45, 2.75) is 32.0 Å². The number of hydrogen-bond acceptors (Lipinski definition) is 7. The maximum absolute atomic E-state index is 12.5. The number of hydrogen-bond donors (Lipinski definition) is 2. The number of carbonyl (C=O) groups is 2. The molecule has 0 saturated heterocycles. The minimum atomic E-state index is -1.03. The van der Waals surface area contributed by atoms with Crippen molar-refractivity contribution in [2.75, 3.05) is 13.2 Å². The van der Waals surface area contributed by atoms with Crippen LogP contribution in [0.25, 0.3) is 11.1 Å². The molecule has 0 spiro atoms. The van der Waals surface area contributed by atoms with Gasteiger partial charge in [0.05, 0.1) is 25.9 Å². The fourth-order valence-electron chi connectivity index (χ4n) is 3.57. The summed E-state index contributed by atoms with van der Waals surface area (Å²) >= 11 is 0. The molecule has 0 radical (unpaired) electrons. The lowest BCUT2D eigenvalue weighted by atomic mass is 10.00. The molecule has 0 aliphatic rings. The molecule has 3 aromatic carbocycles. The topological polar surface area (TPSA) is 114 Å². The minimum absolute atomic E-state index is 0.0488. The Morgan fingerprint density at radius 1 is 0.914 bits per heavy atom. The second-order valence-electron chi connectivity index (χ2n) is 7.91. The highest BCUT2D eigenvalue weighted by molar-refractivity contribution is 5.84. The summed E-state index contributed by atoms with van der Waals surface area (Å²) in [6.45, 7) is 2.08. The summed E-state index contributed by atoms with van der Waals surface area (Å²) < 4.78 is 10.8. The predicted molar refractivity (Wildman–Crippen MR) is 131 cm³/mol. The first-order valence-corrected chi connectivity index (χ1v) is 11.3. The van der Waals surface area contributed by atoms with Crippen LogP contribution in [-0.2, 0) is 32.1 Å². The van der Waals surface area contributed by atoms with Gasteiger partial charge < -0.3 is 14.6 Å². The number of esters is 1. The Morgan fingerprint density at radius 3 is 2.31 bits per heavy atom. The largest absolute Gasteiger partial charge is 0.508 e. The van der Waals surface area contributed by atoms with Gasteiger partial charge in [0.1, 0.15) is 11.8 Å². The third-order valence-corrected chi connectivity index (χ3v) is 5.33. The van der Waals surface area contributed by atoms with Gasteiger partial charge in [-0.25, -0.2) is 0 Å². The van der Waals surface area contributed by atoms with Crippen molar-refractivity contribution in [1.29, 1.82) is 0 Å². The van der Waals surface area contributed by atoms with Crippen LogP contribution in [0.2, 0.25) is 0 Å². The second-order valence-corrected chi connectivity index (χ2v) is 7.91. The fraction of sp³-hybridized carbons (Fsp3) is 0.259. The molecular weight excluding hydrogens is 448 g/mol. The molecule has 2 atom stereocenters. The van der Waals surface area contributed by atoms with E-state index in [0.717, 1.165) is 22.3 Å². The van der Waals surface area contributed by atoms with Crippen LogP contribution < -0.4 is 5.32 Å². The predicted octanol–water partition coefficient (Wildman–Crippen LogP) is 4.00. The number of phenolic OH excluding ortho intramolecular Hbond substituents is 1. The zero-order valence-corrected chi connectivity index (χ0v) is 19.4. The molecular formula is C27H28N2O6. The van der Waals surface area contributed by atoms with Crippen LogP contribution in [0.5, 0.6) is 5.75 Å². The van der Waals surface area contributed by atoms with Crippen LogP contribution in [0, 0.1) is 4.91 Å². The number of benzene rings is 3. The summed E-state index contributed by atoms with van der Waals surface area (Å²) in [4.78, 5) is 35.9. The van der Waals surface area contributed by atoms with Gasteiger partial charge in [-0.2, -0.15) is 0 Å². The SMILES string of the molecule is CCOC(=O)[C@H](COCc1ccccc1)N[C@@H](Cc1ccc(-c2cccc(O)c2)cc1)C(=O)N=O. The van der Waals surface area contributed by atoms with Crippen LogP contribution in [0.3, 0.4) is 0 Å². The molecule has 3 aromatic rings. The van der Waals surface area contributed by atoms with Crippen molar-refractivity contribution < 1.29 is 24.2 Å². The highest BCUT2D eigenvalue weighted by Gasteiger charge is 2.28. The molecule has 0 unspecified atom stereocenters. The second kappa shape index (κ2) is 13.1. The van der Waals surface area contributed by atoms with Crippen molar-refractivity contribution in [2.24, 2.45) is 5.18 Å². The Kier molecular flexibility index (Phi) is 9.65. The van der Waals surface area contributed by atoms with E-state index in [2.05, 4.69) is 10.5 Å². The average Bonchev–Trinajstić information content (AvgIpc) is 2.88. The number of amides is 1. The summed E-state index contributed by atoms with van der Waals surface area (Å²) in [5.41, 5.74) is 3.42. The minimum Gasteiger partial charge on any atom is -0.508 e. The Balaban J connectivity index is 1.70. The summed E-state index contributed by atoms with van der Waals surface area (Å²) in [6.07, 6.45) is 0.138. The maximum Gasteiger partial charge on any atom is 0.325 e. The summed E-state index contributed by atoms with van der Waals surface area (Å²) in [7, 11) is 0. The molecule has 8 nitrogen and oxygen atoms in total. The quantitative estimate of drug-likeness (QED) is 0.300. The zero-order chi connectivity index (χ0) is 25.0. The lowest BCUT2D eigenvalue weighted by Gasteiger charge is -2.22. The van der Waals surface area contributed by atoms with Gasteiger partial charge in [0.15, 0.2) is 0 Å². The zero-order valence-electron chi connectivity index (χ0n) is 19.4. The van der Waals surface area contributed by atoms with E-state index in [-0.39, 0.29) is 32.0 Å². The van der Waals surface area contributed by atoms with E-state index < -0.39 is 24.0 Å². The number of nitrogens with zero attached hydrogens (tertiary/aromatic N) is 1. The van der Waals surface area contributed by atoms with Crippen molar-refractivity contribution in [3.8, 4) is 16.9 Å². The number of rotatable bonds is 12. The first kappa shape index (κ1) is 25.7. The molecule has 0 saturated carbocycles. The van der Waals surface area contributed by atoms with Crippen LogP contribution >= 0.6 is 0 Å². The average molecular weight is 477 g/mol. The normalized spacial score (nSPS) is 12.5. The molecule has 0 aliphatic heterocycles. The van der Waals surface area contributed by atoms with Crippen molar-refractivity contribution in [3.05, 3.63) is 94.9 Å². The number of ether oxygens (including phenoxy) is 2. The Morgan fingerprint density at radius 2 is 1.66 bits per heavy atom. The van der Waals surface area contributed by atoms with E-state index in [0.29, 0.717) is 0 Å². The third-order valence-electron chi connectivity index (χ3n) is 5.33. The fourth-order valence-corrected chi connectivity index (χ4v) is 3.57. The molecule has 1 amide bonds. The van der Waals surface area contributed by atoms with Gasteiger partial charge >= 0.3 is 11.9 Å². The van der Waals surface area contributed by atoms with Crippen LogP contribution in [0.1, 0.15) is 18.1 Å². The monoisotopic (exact) mass is 476 g/mol. The van der Waals surface area contributed by atoms with Crippen molar-refractivity contribution in [3.63, 3.8) is 0 Å². The van der Waals surface area contributed by atoms with E-state index in [9.17, 15) is 19.6 Å². The number of aromatic hydroxyl groups is 1. The Hall–Kier alpha value is -3.88. The van der Waals surface area contributed by atoms with Crippen LogP contribution in [0.15, 0.2) is 84.0 Å². The van der Waals surface area contributed by atoms with Gasteiger partial charge in [-0.15, -0.1) is 4.91 Å². The third kappa shape index (κ3) is 7.84. The molecule has 0 bridgehead atoms. The molecule has 3 rings (SSSR count). The summed E-state index contributed by atoms with van der Waals surface area (Å²) in [5, 5.41) is 15.2. The van der Waals surface area contributed by atoms with Gasteiger partial charge in [0, 0.05) is 5.18 Å². The molecule has 0 aromatic heterocycles. The molecule has 0 heterocycles. The van der Waals surface area contributed by atoms with Gasteiger partial charge in [-0.1, -0.05) is 66.7 Å². The Bertz CT molecular complexity index is 1120. The van der Waals surface area contributed by atoms with E-state index in [1.165, 1.54) is 0 Å². The van der Waals surface area contributed by atoms with Crippen LogP contribution in [-0.4, -0.2) is 42.3 Å². The molecule has 182 valence electrons. The van der Waals surface area contributed by atoms with Crippen molar-refractivity contribution >= 4 is 11.9 Å². The van der Waals surface area contributed by atoms with Gasteiger partial charge in [0.2, 0.25) is 0 Å². The highest BCUT2D eigenvalue weighted by atomic mass is 16.5. The van der Waals surface area contributed by atoms with Crippen molar-refractivity contribution in [1.82, 2.24) is 5.32 Å². The molecule has 8 heteroatoms. The lowest BCUT2D eigenvalue weighted by Crippen LogP contribution is -2.50. The summed E-state index contributed by atoms with van der Waals surface area (Å²) in [5.74, 6) is -1.33. The Labute approximate surface area is 203 Å². The number of carbonyl (C=O) groups excluding carboxylic acids is 2. The number of nitroso groups, excluding NO2 is 1. The molecule has 0 aliphatic carbocycles. The van der Waals surface area contributed by atoms with Gasteiger partial charge in [-0.05, 0) is 47.7 Å². The standard InChI is InChI=1S/C27H28N2O6/c1-2-35-27(32)25(18-34-17-20-7-4-3-5-8-20)28-24(26(31)29-33)15-19-11-13-21(14-12-19)22-9-6-10-23(30)16-22/h3-14,16,24-25,28,30H,2,15,17-18H2,1H3/t24-,25-/m0/s1.